The Morgan fingerprint density at radius 3 is 2.20 bits per heavy atom. The van der Waals surface area contributed by atoms with Gasteiger partial charge in [0.05, 0.1) is 4.90 Å². The number of nitrogens with one attached hydrogen (secondary N) is 1. The Labute approximate surface area is 116 Å². The maximum absolute atomic E-state index is 12.1. The summed E-state index contributed by atoms with van der Waals surface area (Å²) in [4.78, 5) is 2.85. The highest BCUT2D eigenvalue weighted by atomic mass is 32.2. The first-order valence-electron chi connectivity index (χ1n) is 5.76. The van der Waals surface area contributed by atoms with Crippen LogP contribution < -0.4 is 4.72 Å². The van der Waals surface area contributed by atoms with Crippen LogP contribution in [0.1, 0.15) is 5.56 Å². The van der Waals surface area contributed by atoms with Gasteiger partial charge in [0.1, 0.15) is 0 Å². The summed E-state index contributed by atoms with van der Waals surface area (Å²) >= 11 is 0. The maximum Gasteiger partial charge on any atom is 0.261 e. The minimum atomic E-state index is -3.61. The molecule has 1 N–H and O–H groups in total. The van der Waals surface area contributed by atoms with Crippen molar-refractivity contribution in [3.8, 4) is 0 Å². The zero-order valence-electron chi connectivity index (χ0n) is 10.7. The van der Waals surface area contributed by atoms with Gasteiger partial charge in [-0.3, -0.25) is 4.72 Å². The molecule has 0 saturated carbocycles. The summed E-state index contributed by atoms with van der Waals surface area (Å²) in [5, 5.41) is 3.42. The van der Waals surface area contributed by atoms with Gasteiger partial charge in [0, 0.05) is 16.3 Å². The number of hydrogen-bond donors (Lipinski definition) is 1. The van der Waals surface area contributed by atoms with Crippen molar-refractivity contribution in [2.75, 3.05) is 4.72 Å². The van der Waals surface area contributed by atoms with E-state index >= 15 is 0 Å². The van der Waals surface area contributed by atoms with Crippen molar-refractivity contribution in [2.24, 2.45) is 5.11 Å². The van der Waals surface area contributed by atoms with Crippen molar-refractivity contribution in [1.29, 1.82) is 0 Å². The largest absolute Gasteiger partial charge is 0.280 e. The molecule has 2 aromatic carbocycles. The Bertz CT molecular complexity index is 746. The second-order valence-electron chi connectivity index (χ2n) is 4.15. The molecule has 0 amide bonds. The molecule has 0 aromatic heterocycles. The molecule has 2 aromatic rings. The van der Waals surface area contributed by atoms with Crippen LogP contribution in [-0.2, 0) is 10.0 Å². The minimum absolute atomic E-state index is 0.197. The SMILES string of the molecule is Cc1ccc(S(=O)(=O)Nc2ccc(N=[N+]=[N-])cc2)cc1. The minimum Gasteiger partial charge on any atom is -0.280 e. The van der Waals surface area contributed by atoms with Crippen molar-refractivity contribution < 1.29 is 8.42 Å². The lowest BCUT2D eigenvalue weighted by molar-refractivity contribution is 0.601. The van der Waals surface area contributed by atoms with Gasteiger partial charge >= 0.3 is 0 Å². The third-order valence-electron chi connectivity index (χ3n) is 2.61. The van der Waals surface area contributed by atoms with Gasteiger partial charge in [-0.25, -0.2) is 8.42 Å². The first kappa shape index (κ1) is 13.9. The Morgan fingerprint density at radius 1 is 1.05 bits per heavy atom. The Balaban J connectivity index is 2.23. The van der Waals surface area contributed by atoms with Crippen LogP contribution in [0.2, 0.25) is 0 Å². The van der Waals surface area contributed by atoms with E-state index in [1.54, 1.807) is 24.3 Å². The number of sulfonamides is 1. The highest BCUT2D eigenvalue weighted by Crippen LogP contribution is 2.20. The van der Waals surface area contributed by atoms with E-state index in [9.17, 15) is 8.42 Å². The number of benzene rings is 2. The zero-order valence-corrected chi connectivity index (χ0v) is 11.5. The van der Waals surface area contributed by atoms with Crippen LogP contribution in [-0.4, -0.2) is 8.42 Å². The van der Waals surface area contributed by atoms with E-state index in [0.717, 1.165) is 5.56 Å². The van der Waals surface area contributed by atoms with Crippen LogP contribution >= 0.6 is 0 Å². The van der Waals surface area contributed by atoms with Crippen LogP contribution in [0, 0.1) is 6.92 Å². The van der Waals surface area contributed by atoms with E-state index in [1.165, 1.54) is 24.3 Å². The molecule has 20 heavy (non-hydrogen) atoms. The fraction of sp³-hybridized carbons (Fsp3) is 0.0769. The number of aryl methyl sites for hydroxylation is 1. The highest BCUT2D eigenvalue weighted by molar-refractivity contribution is 7.92. The molecule has 102 valence electrons. The molecule has 0 atom stereocenters. The van der Waals surface area contributed by atoms with Gasteiger partial charge in [0.25, 0.3) is 10.0 Å². The number of anilines is 1. The van der Waals surface area contributed by atoms with Gasteiger partial charge in [-0.05, 0) is 36.7 Å². The quantitative estimate of drug-likeness (QED) is 0.527. The topological polar surface area (TPSA) is 94.9 Å². The first-order chi connectivity index (χ1) is 9.51. The van der Waals surface area contributed by atoms with Gasteiger partial charge < -0.3 is 0 Å². The smallest absolute Gasteiger partial charge is 0.261 e. The molecule has 0 aliphatic rings. The molecule has 0 spiro atoms. The number of azide groups is 1. The second kappa shape index (κ2) is 5.64. The zero-order chi connectivity index (χ0) is 14.6. The summed E-state index contributed by atoms with van der Waals surface area (Å²) in [7, 11) is -3.61. The lowest BCUT2D eigenvalue weighted by atomic mass is 10.2. The fourth-order valence-electron chi connectivity index (χ4n) is 1.58. The summed E-state index contributed by atoms with van der Waals surface area (Å²) in [6, 6.07) is 12.7. The lowest BCUT2D eigenvalue weighted by Gasteiger charge is -2.08. The van der Waals surface area contributed by atoms with Crippen molar-refractivity contribution in [2.45, 2.75) is 11.8 Å². The number of hydrogen-bond acceptors (Lipinski definition) is 3. The first-order valence-corrected chi connectivity index (χ1v) is 7.24. The average Bonchev–Trinajstić information content (AvgIpc) is 2.41. The monoisotopic (exact) mass is 288 g/mol. The Morgan fingerprint density at radius 2 is 1.65 bits per heavy atom. The molecule has 7 heteroatoms. The van der Waals surface area contributed by atoms with E-state index in [2.05, 4.69) is 14.7 Å². The molecule has 6 nitrogen and oxygen atoms in total. The lowest BCUT2D eigenvalue weighted by Crippen LogP contribution is -2.12. The van der Waals surface area contributed by atoms with E-state index in [1.807, 2.05) is 6.92 Å². The van der Waals surface area contributed by atoms with Gasteiger partial charge in [-0.1, -0.05) is 34.9 Å². The summed E-state index contributed by atoms with van der Waals surface area (Å²) in [5.41, 5.74) is 10.1. The number of rotatable bonds is 4. The van der Waals surface area contributed by atoms with Crippen LogP contribution in [0.25, 0.3) is 10.4 Å². The molecule has 0 aliphatic carbocycles. The molecule has 0 aliphatic heterocycles. The molecule has 0 bridgehead atoms. The van der Waals surface area contributed by atoms with Crippen LogP contribution in [0.15, 0.2) is 58.5 Å². The van der Waals surface area contributed by atoms with Crippen molar-refractivity contribution in [3.05, 3.63) is 64.5 Å². The third-order valence-corrected chi connectivity index (χ3v) is 4.01. The van der Waals surface area contributed by atoms with Crippen LogP contribution in [0.3, 0.4) is 0 Å². The van der Waals surface area contributed by atoms with Crippen LogP contribution in [0.4, 0.5) is 11.4 Å². The highest BCUT2D eigenvalue weighted by Gasteiger charge is 2.13. The van der Waals surface area contributed by atoms with E-state index in [0.29, 0.717) is 11.4 Å². The van der Waals surface area contributed by atoms with Gasteiger partial charge in [0.2, 0.25) is 0 Å². The molecule has 0 heterocycles. The number of nitrogens with zero attached hydrogens (tertiary/aromatic N) is 3. The summed E-state index contributed by atoms with van der Waals surface area (Å²) in [6.07, 6.45) is 0. The Hall–Kier alpha value is -2.50. The average molecular weight is 288 g/mol. The third kappa shape index (κ3) is 3.28. The van der Waals surface area contributed by atoms with E-state index in [4.69, 9.17) is 5.53 Å². The summed E-state index contributed by atoms with van der Waals surface area (Å²) < 4.78 is 26.7. The second-order valence-corrected chi connectivity index (χ2v) is 5.84. The predicted octanol–water partition coefficient (Wildman–Crippen LogP) is 3.74. The van der Waals surface area contributed by atoms with Gasteiger partial charge in [0.15, 0.2) is 0 Å². The standard InChI is InChI=1S/C13H12N4O2S/c1-10-2-8-13(9-3-10)20(18,19)16-12-6-4-11(5-7-12)15-17-14/h2-9,16H,1H3. The van der Waals surface area contributed by atoms with Crippen LogP contribution in [0.5, 0.6) is 0 Å². The normalized spacial score (nSPS) is 10.7. The van der Waals surface area contributed by atoms with Crippen molar-refractivity contribution in [3.63, 3.8) is 0 Å². The van der Waals surface area contributed by atoms with E-state index in [-0.39, 0.29) is 4.90 Å². The Kier molecular flexibility index (Phi) is 3.93. The maximum atomic E-state index is 12.1. The molecule has 0 radical (unpaired) electrons. The van der Waals surface area contributed by atoms with Gasteiger partial charge in [-0.2, -0.15) is 0 Å². The molecule has 0 unspecified atom stereocenters. The molecule has 0 saturated heterocycles. The van der Waals surface area contributed by atoms with Crippen molar-refractivity contribution in [1.82, 2.24) is 0 Å². The molecular weight excluding hydrogens is 276 g/mol. The van der Waals surface area contributed by atoms with Crippen molar-refractivity contribution >= 4 is 21.4 Å². The molecular formula is C13H12N4O2S. The summed E-state index contributed by atoms with van der Waals surface area (Å²) in [5.74, 6) is 0. The predicted molar refractivity (Wildman–Crippen MR) is 77.2 cm³/mol. The van der Waals surface area contributed by atoms with E-state index < -0.39 is 10.0 Å². The molecule has 2 rings (SSSR count). The van der Waals surface area contributed by atoms with Gasteiger partial charge in [-0.15, -0.1) is 0 Å². The molecule has 0 fully saturated rings. The summed E-state index contributed by atoms with van der Waals surface area (Å²) in [6.45, 7) is 1.89. The fourth-order valence-corrected chi connectivity index (χ4v) is 2.64.